The van der Waals surface area contributed by atoms with Crippen molar-refractivity contribution in [3.8, 4) is 0 Å². The Morgan fingerprint density at radius 2 is 2.46 bits per heavy atom. The van der Waals surface area contributed by atoms with Gasteiger partial charge >= 0.3 is 0 Å². The van der Waals surface area contributed by atoms with E-state index in [-0.39, 0.29) is 6.04 Å². The molecule has 2 nitrogen and oxygen atoms in total. The Morgan fingerprint density at radius 3 is 3.08 bits per heavy atom. The maximum atomic E-state index is 8.77. The van der Waals surface area contributed by atoms with Gasteiger partial charge in [-0.25, -0.2) is 0 Å². The SMILES string of the molecule is CC(CCO)CC1=CC(N)CCC1. The van der Waals surface area contributed by atoms with Gasteiger partial charge in [0.1, 0.15) is 0 Å². The van der Waals surface area contributed by atoms with Gasteiger partial charge in [0.25, 0.3) is 0 Å². The molecule has 0 aliphatic heterocycles. The normalized spacial score (nSPS) is 25.5. The highest BCUT2D eigenvalue weighted by Gasteiger charge is 2.12. The summed E-state index contributed by atoms with van der Waals surface area (Å²) in [5, 5.41) is 8.77. The third-order valence-corrected chi connectivity index (χ3v) is 2.72. The van der Waals surface area contributed by atoms with Gasteiger partial charge in [-0.05, 0) is 38.0 Å². The fourth-order valence-electron chi connectivity index (χ4n) is 1.97. The number of allylic oxidation sites excluding steroid dienone is 1. The molecule has 0 saturated carbocycles. The summed E-state index contributed by atoms with van der Waals surface area (Å²) in [6.45, 7) is 2.50. The molecule has 2 heteroatoms. The van der Waals surface area contributed by atoms with Crippen LogP contribution in [0.2, 0.25) is 0 Å². The summed E-state index contributed by atoms with van der Waals surface area (Å²) >= 11 is 0. The molecule has 76 valence electrons. The largest absolute Gasteiger partial charge is 0.396 e. The molecule has 3 N–H and O–H groups in total. The van der Waals surface area contributed by atoms with Gasteiger partial charge in [-0.2, -0.15) is 0 Å². The first-order valence-electron chi connectivity index (χ1n) is 5.28. The minimum absolute atomic E-state index is 0.282. The lowest BCUT2D eigenvalue weighted by molar-refractivity contribution is 0.261. The predicted molar refractivity (Wildman–Crippen MR) is 55.4 cm³/mol. The third-order valence-electron chi connectivity index (χ3n) is 2.72. The molecule has 0 bridgehead atoms. The lowest BCUT2D eigenvalue weighted by Crippen LogP contribution is -2.20. The van der Waals surface area contributed by atoms with E-state index >= 15 is 0 Å². The van der Waals surface area contributed by atoms with Gasteiger partial charge in [-0.1, -0.05) is 18.6 Å². The van der Waals surface area contributed by atoms with Crippen LogP contribution < -0.4 is 5.73 Å². The van der Waals surface area contributed by atoms with Gasteiger partial charge in [-0.15, -0.1) is 0 Å². The van der Waals surface area contributed by atoms with Crippen molar-refractivity contribution in [1.82, 2.24) is 0 Å². The van der Waals surface area contributed by atoms with Gasteiger partial charge in [0.05, 0.1) is 0 Å². The summed E-state index contributed by atoms with van der Waals surface area (Å²) in [5.74, 6) is 0.599. The van der Waals surface area contributed by atoms with E-state index in [1.807, 2.05) is 0 Å². The van der Waals surface area contributed by atoms with Gasteiger partial charge < -0.3 is 10.8 Å². The Morgan fingerprint density at radius 1 is 1.69 bits per heavy atom. The zero-order chi connectivity index (χ0) is 9.68. The summed E-state index contributed by atoms with van der Waals surface area (Å²) in [6.07, 6.45) is 7.83. The first-order chi connectivity index (χ1) is 6.22. The quantitative estimate of drug-likeness (QED) is 0.653. The lowest BCUT2D eigenvalue weighted by atomic mass is 9.89. The van der Waals surface area contributed by atoms with Crippen LogP contribution >= 0.6 is 0 Å². The number of nitrogens with two attached hydrogens (primary N) is 1. The highest BCUT2D eigenvalue weighted by atomic mass is 16.3. The van der Waals surface area contributed by atoms with Crippen molar-refractivity contribution >= 4 is 0 Å². The van der Waals surface area contributed by atoms with Gasteiger partial charge in [-0.3, -0.25) is 0 Å². The fraction of sp³-hybridized carbons (Fsp3) is 0.818. The zero-order valence-electron chi connectivity index (χ0n) is 8.50. The van der Waals surface area contributed by atoms with Crippen LogP contribution in [-0.2, 0) is 0 Å². The molecular formula is C11H21NO. The predicted octanol–water partition coefficient (Wildman–Crippen LogP) is 1.83. The van der Waals surface area contributed by atoms with Crippen molar-refractivity contribution in [3.05, 3.63) is 11.6 Å². The molecule has 0 heterocycles. The second-order valence-electron chi connectivity index (χ2n) is 4.20. The molecule has 1 rings (SSSR count). The monoisotopic (exact) mass is 183 g/mol. The van der Waals surface area contributed by atoms with Crippen LogP contribution in [-0.4, -0.2) is 17.8 Å². The molecule has 2 atom stereocenters. The molecule has 0 aromatic carbocycles. The standard InChI is InChI=1S/C11H21NO/c1-9(5-6-13)7-10-3-2-4-11(12)8-10/h8-9,11,13H,2-7,12H2,1H3. The Balaban J connectivity index is 2.34. The Hall–Kier alpha value is -0.340. The maximum absolute atomic E-state index is 8.77. The molecule has 0 aromatic rings. The van der Waals surface area contributed by atoms with Crippen molar-refractivity contribution in [1.29, 1.82) is 0 Å². The van der Waals surface area contributed by atoms with Crippen LogP contribution in [0.25, 0.3) is 0 Å². The molecule has 0 aromatic heterocycles. The smallest absolute Gasteiger partial charge is 0.0433 e. The van der Waals surface area contributed by atoms with Crippen molar-refractivity contribution in [3.63, 3.8) is 0 Å². The number of rotatable bonds is 4. The molecule has 2 unspecified atom stereocenters. The molecule has 0 amide bonds. The second-order valence-corrected chi connectivity index (χ2v) is 4.20. The van der Waals surface area contributed by atoms with Crippen LogP contribution in [0.3, 0.4) is 0 Å². The fourth-order valence-corrected chi connectivity index (χ4v) is 1.97. The van der Waals surface area contributed by atoms with Crippen LogP contribution in [0.15, 0.2) is 11.6 Å². The third kappa shape index (κ3) is 3.92. The van der Waals surface area contributed by atoms with Crippen LogP contribution in [0.5, 0.6) is 0 Å². The minimum Gasteiger partial charge on any atom is -0.396 e. The summed E-state index contributed by atoms with van der Waals surface area (Å²) in [6, 6.07) is 0.282. The van der Waals surface area contributed by atoms with E-state index in [4.69, 9.17) is 10.8 Å². The highest BCUT2D eigenvalue weighted by molar-refractivity contribution is 5.10. The van der Waals surface area contributed by atoms with Crippen LogP contribution in [0.1, 0.15) is 39.0 Å². The summed E-state index contributed by atoms with van der Waals surface area (Å²) < 4.78 is 0. The Kier molecular flexibility index (Phi) is 4.46. The highest BCUT2D eigenvalue weighted by Crippen LogP contribution is 2.24. The van der Waals surface area contributed by atoms with E-state index in [0.717, 1.165) is 19.3 Å². The number of aliphatic hydroxyl groups is 1. The van der Waals surface area contributed by atoms with E-state index in [0.29, 0.717) is 12.5 Å². The molecular weight excluding hydrogens is 162 g/mol. The average molecular weight is 183 g/mol. The Bertz CT molecular complexity index is 177. The van der Waals surface area contributed by atoms with Crippen molar-refractivity contribution in [2.24, 2.45) is 11.7 Å². The molecule has 1 aliphatic carbocycles. The molecule has 0 fully saturated rings. The van der Waals surface area contributed by atoms with Gasteiger partial charge in [0, 0.05) is 12.6 Å². The second kappa shape index (κ2) is 5.40. The molecule has 0 radical (unpaired) electrons. The average Bonchev–Trinajstić information content (AvgIpc) is 2.04. The van der Waals surface area contributed by atoms with Gasteiger partial charge in [0.15, 0.2) is 0 Å². The van der Waals surface area contributed by atoms with E-state index in [1.54, 1.807) is 0 Å². The number of aliphatic hydroxyl groups excluding tert-OH is 1. The van der Waals surface area contributed by atoms with Gasteiger partial charge in [0.2, 0.25) is 0 Å². The van der Waals surface area contributed by atoms with E-state index in [1.165, 1.54) is 18.4 Å². The van der Waals surface area contributed by atoms with Crippen molar-refractivity contribution < 1.29 is 5.11 Å². The Labute approximate surface area is 80.8 Å². The maximum Gasteiger partial charge on any atom is 0.0433 e. The summed E-state index contributed by atoms with van der Waals surface area (Å²) in [5.41, 5.74) is 7.35. The molecule has 13 heavy (non-hydrogen) atoms. The van der Waals surface area contributed by atoms with Crippen molar-refractivity contribution in [2.75, 3.05) is 6.61 Å². The lowest BCUT2D eigenvalue weighted by Gasteiger charge is -2.20. The van der Waals surface area contributed by atoms with E-state index in [9.17, 15) is 0 Å². The van der Waals surface area contributed by atoms with Crippen LogP contribution in [0, 0.1) is 5.92 Å². The summed E-state index contributed by atoms with van der Waals surface area (Å²) in [4.78, 5) is 0. The number of hydrogen-bond acceptors (Lipinski definition) is 2. The zero-order valence-corrected chi connectivity index (χ0v) is 8.50. The van der Waals surface area contributed by atoms with Crippen molar-refractivity contribution in [2.45, 2.75) is 45.1 Å². The number of hydrogen-bond donors (Lipinski definition) is 2. The topological polar surface area (TPSA) is 46.2 Å². The van der Waals surface area contributed by atoms with E-state index < -0.39 is 0 Å². The molecule has 1 aliphatic rings. The van der Waals surface area contributed by atoms with Crippen LogP contribution in [0.4, 0.5) is 0 Å². The molecule has 0 spiro atoms. The molecule has 0 saturated heterocycles. The minimum atomic E-state index is 0.282. The first kappa shape index (κ1) is 10.7. The summed E-state index contributed by atoms with van der Waals surface area (Å²) in [7, 11) is 0. The first-order valence-corrected chi connectivity index (χ1v) is 5.28. The van der Waals surface area contributed by atoms with E-state index in [2.05, 4.69) is 13.0 Å².